The maximum Gasteiger partial charge on any atom is 0.101 e. The molecule has 1 aromatic rings. The predicted molar refractivity (Wildman–Crippen MR) is 61.1 cm³/mol. The molecular weight excluding hydrogens is 210 g/mol. The zero-order valence-corrected chi connectivity index (χ0v) is 9.01. The van der Waals surface area contributed by atoms with Crippen LogP contribution >= 0.6 is 11.6 Å². The maximum atomic E-state index is 8.93. The summed E-state index contributed by atoms with van der Waals surface area (Å²) in [5, 5.41) is 16.2. The summed E-state index contributed by atoms with van der Waals surface area (Å²) < 4.78 is 0. The highest BCUT2D eigenvalue weighted by molar-refractivity contribution is 6.30. The Morgan fingerprint density at radius 2 is 2.40 bits per heavy atom. The number of hydrogen-bond acceptors (Lipinski definition) is 3. The van der Waals surface area contributed by atoms with Crippen LogP contribution in [0.3, 0.4) is 0 Å². The van der Waals surface area contributed by atoms with Gasteiger partial charge in [0.25, 0.3) is 0 Å². The van der Waals surface area contributed by atoms with Gasteiger partial charge < -0.3 is 10.6 Å². The quantitative estimate of drug-likeness (QED) is 0.803. The van der Waals surface area contributed by atoms with Gasteiger partial charge >= 0.3 is 0 Å². The van der Waals surface area contributed by atoms with Gasteiger partial charge in [-0.3, -0.25) is 0 Å². The molecule has 0 saturated carbocycles. The third-order valence-electron chi connectivity index (χ3n) is 2.52. The summed E-state index contributed by atoms with van der Waals surface area (Å²) in [5.74, 6) is 0. The Hall–Kier alpha value is -1.24. The molecule has 4 heteroatoms. The van der Waals surface area contributed by atoms with Gasteiger partial charge in [-0.2, -0.15) is 5.26 Å². The topological polar surface area (TPSA) is 47.9 Å². The van der Waals surface area contributed by atoms with Crippen LogP contribution in [0.25, 0.3) is 0 Å². The number of hydrogen-bond donors (Lipinski definition) is 2. The van der Waals surface area contributed by atoms with E-state index >= 15 is 0 Å². The highest BCUT2D eigenvalue weighted by Gasteiger charge is 2.15. The van der Waals surface area contributed by atoms with E-state index in [-0.39, 0.29) is 0 Å². The largest absolute Gasteiger partial charge is 0.380 e. The first kappa shape index (κ1) is 10.3. The number of halogens is 1. The molecule has 0 amide bonds. The fourth-order valence-corrected chi connectivity index (χ4v) is 1.90. The molecule has 15 heavy (non-hydrogen) atoms. The molecule has 1 aromatic carbocycles. The van der Waals surface area contributed by atoms with Crippen LogP contribution in [0.5, 0.6) is 0 Å². The standard InChI is InChI=1S/C11H12ClN3/c12-9-2-1-8(6-13)11(5-9)15-10-3-4-14-7-10/h1-2,5,10,14-15H,3-4,7H2. The number of nitrogens with zero attached hydrogens (tertiary/aromatic N) is 1. The lowest BCUT2D eigenvalue weighted by Gasteiger charge is -2.14. The van der Waals surface area contributed by atoms with Crippen LogP contribution in [-0.2, 0) is 0 Å². The summed E-state index contributed by atoms with van der Waals surface area (Å²) in [7, 11) is 0. The number of benzene rings is 1. The summed E-state index contributed by atoms with van der Waals surface area (Å²) in [4.78, 5) is 0. The normalized spacial score (nSPS) is 19.9. The molecule has 0 radical (unpaired) electrons. The van der Waals surface area contributed by atoms with Crippen molar-refractivity contribution in [3.05, 3.63) is 28.8 Å². The van der Waals surface area contributed by atoms with Gasteiger partial charge in [0.05, 0.1) is 11.3 Å². The monoisotopic (exact) mass is 221 g/mol. The van der Waals surface area contributed by atoms with Gasteiger partial charge in [-0.05, 0) is 31.2 Å². The molecule has 1 heterocycles. The SMILES string of the molecule is N#Cc1ccc(Cl)cc1NC1CCNC1. The van der Waals surface area contributed by atoms with Crippen LogP contribution in [0.2, 0.25) is 5.02 Å². The van der Waals surface area contributed by atoms with E-state index in [2.05, 4.69) is 16.7 Å². The fourth-order valence-electron chi connectivity index (χ4n) is 1.73. The van der Waals surface area contributed by atoms with Gasteiger partial charge in [0.1, 0.15) is 6.07 Å². The zero-order valence-electron chi connectivity index (χ0n) is 8.26. The molecule has 78 valence electrons. The second-order valence-electron chi connectivity index (χ2n) is 3.64. The van der Waals surface area contributed by atoms with Gasteiger partial charge in [-0.15, -0.1) is 0 Å². The Labute approximate surface area is 94.0 Å². The Balaban J connectivity index is 2.18. The van der Waals surface area contributed by atoms with Gasteiger partial charge in [0, 0.05) is 17.6 Å². The van der Waals surface area contributed by atoms with Crippen molar-refractivity contribution in [1.82, 2.24) is 5.32 Å². The Bertz CT molecular complexity index is 391. The molecule has 3 nitrogen and oxygen atoms in total. The molecule has 1 atom stereocenters. The molecule has 1 aliphatic rings. The molecule has 1 saturated heterocycles. The van der Waals surface area contributed by atoms with Gasteiger partial charge in [0.2, 0.25) is 0 Å². The van der Waals surface area contributed by atoms with Crippen LogP contribution in [0, 0.1) is 11.3 Å². The van der Waals surface area contributed by atoms with Crippen molar-refractivity contribution in [2.75, 3.05) is 18.4 Å². The lowest BCUT2D eigenvalue weighted by Crippen LogP contribution is -2.22. The van der Waals surface area contributed by atoms with E-state index in [1.807, 2.05) is 0 Å². The van der Waals surface area contributed by atoms with E-state index in [1.165, 1.54) is 0 Å². The third kappa shape index (κ3) is 2.41. The molecule has 2 rings (SSSR count). The predicted octanol–water partition coefficient (Wildman–Crippen LogP) is 1.99. The van der Waals surface area contributed by atoms with E-state index < -0.39 is 0 Å². The van der Waals surface area contributed by atoms with E-state index in [4.69, 9.17) is 16.9 Å². The van der Waals surface area contributed by atoms with Crippen molar-refractivity contribution in [3.63, 3.8) is 0 Å². The molecule has 0 spiro atoms. The van der Waals surface area contributed by atoms with Gasteiger partial charge in [-0.1, -0.05) is 11.6 Å². The molecular formula is C11H12ClN3. The zero-order chi connectivity index (χ0) is 10.7. The Morgan fingerprint density at radius 3 is 3.07 bits per heavy atom. The van der Waals surface area contributed by atoms with E-state index in [1.54, 1.807) is 18.2 Å². The minimum absolute atomic E-state index is 0.399. The van der Waals surface area contributed by atoms with Crippen molar-refractivity contribution in [2.45, 2.75) is 12.5 Å². The number of nitrogens with one attached hydrogen (secondary N) is 2. The van der Waals surface area contributed by atoms with Crippen LogP contribution in [0.15, 0.2) is 18.2 Å². The minimum atomic E-state index is 0.399. The third-order valence-corrected chi connectivity index (χ3v) is 2.76. The first-order valence-electron chi connectivity index (χ1n) is 4.96. The molecule has 0 aromatic heterocycles. The van der Waals surface area contributed by atoms with Crippen molar-refractivity contribution in [2.24, 2.45) is 0 Å². The lowest BCUT2D eigenvalue weighted by molar-refractivity contribution is 0.793. The van der Waals surface area contributed by atoms with Crippen molar-refractivity contribution >= 4 is 17.3 Å². The van der Waals surface area contributed by atoms with Crippen LogP contribution in [0.4, 0.5) is 5.69 Å². The average Bonchev–Trinajstić information content (AvgIpc) is 2.71. The molecule has 2 N–H and O–H groups in total. The second-order valence-corrected chi connectivity index (χ2v) is 4.07. The van der Waals surface area contributed by atoms with Crippen molar-refractivity contribution < 1.29 is 0 Å². The first-order chi connectivity index (χ1) is 7.29. The minimum Gasteiger partial charge on any atom is -0.380 e. The van der Waals surface area contributed by atoms with Gasteiger partial charge in [-0.25, -0.2) is 0 Å². The smallest absolute Gasteiger partial charge is 0.101 e. The summed E-state index contributed by atoms with van der Waals surface area (Å²) in [6.07, 6.45) is 1.08. The van der Waals surface area contributed by atoms with E-state index in [0.29, 0.717) is 16.6 Å². The van der Waals surface area contributed by atoms with E-state index in [0.717, 1.165) is 25.2 Å². The fraction of sp³-hybridized carbons (Fsp3) is 0.364. The molecule has 1 fully saturated rings. The van der Waals surface area contributed by atoms with Crippen LogP contribution in [-0.4, -0.2) is 19.1 Å². The summed E-state index contributed by atoms with van der Waals surface area (Å²) in [5.41, 5.74) is 1.48. The molecule has 0 bridgehead atoms. The lowest BCUT2D eigenvalue weighted by atomic mass is 10.1. The van der Waals surface area contributed by atoms with Crippen LogP contribution in [0.1, 0.15) is 12.0 Å². The summed E-state index contributed by atoms with van der Waals surface area (Å²) in [6, 6.07) is 7.84. The van der Waals surface area contributed by atoms with Crippen molar-refractivity contribution in [3.8, 4) is 6.07 Å². The van der Waals surface area contributed by atoms with Crippen molar-refractivity contribution in [1.29, 1.82) is 5.26 Å². The van der Waals surface area contributed by atoms with Gasteiger partial charge in [0.15, 0.2) is 0 Å². The first-order valence-corrected chi connectivity index (χ1v) is 5.34. The highest BCUT2D eigenvalue weighted by atomic mass is 35.5. The highest BCUT2D eigenvalue weighted by Crippen LogP contribution is 2.21. The average molecular weight is 222 g/mol. The molecule has 0 aliphatic carbocycles. The Morgan fingerprint density at radius 1 is 1.53 bits per heavy atom. The second kappa shape index (κ2) is 4.52. The van der Waals surface area contributed by atoms with Crippen LogP contribution < -0.4 is 10.6 Å². The number of anilines is 1. The maximum absolute atomic E-state index is 8.93. The molecule has 1 aliphatic heterocycles. The number of rotatable bonds is 2. The Kier molecular flexibility index (Phi) is 3.10. The summed E-state index contributed by atoms with van der Waals surface area (Å²) >= 11 is 5.89. The van der Waals surface area contributed by atoms with E-state index in [9.17, 15) is 0 Å². The summed E-state index contributed by atoms with van der Waals surface area (Å²) in [6.45, 7) is 1.97. The molecule has 1 unspecified atom stereocenters. The number of nitriles is 1.